The van der Waals surface area contributed by atoms with Crippen LogP contribution in [0.3, 0.4) is 0 Å². The number of carbonyl (C=O) groups excluding carboxylic acids is 1. The third kappa shape index (κ3) is 2.88. The van der Waals surface area contributed by atoms with Gasteiger partial charge in [-0.15, -0.1) is 5.10 Å². The van der Waals surface area contributed by atoms with Crippen molar-refractivity contribution >= 4 is 11.8 Å². The summed E-state index contributed by atoms with van der Waals surface area (Å²) in [6, 6.07) is 12.4. The summed E-state index contributed by atoms with van der Waals surface area (Å²) in [5, 5.41) is 11.1. The summed E-state index contributed by atoms with van der Waals surface area (Å²) in [6.45, 7) is 5.49. The van der Waals surface area contributed by atoms with Crippen LogP contribution in [-0.4, -0.2) is 34.2 Å². The summed E-state index contributed by atoms with van der Waals surface area (Å²) in [5.74, 6) is 0.956. The van der Waals surface area contributed by atoms with Gasteiger partial charge >= 0.3 is 6.03 Å². The molecule has 1 atom stereocenters. The van der Waals surface area contributed by atoms with Gasteiger partial charge in [-0.2, -0.15) is 5.10 Å². The van der Waals surface area contributed by atoms with Gasteiger partial charge in [0.1, 0.15) is 0 Å². The fourth-order valence-corrected chi connectivity index (χ4v) is 4.20. The van der Waals surface area contributed by atoms with Crippen LogP contribution in [0.15, 0.2) is 36.4 Å². The van der Waals surface area contributed by atoms with Crippen LogP contribution in [0.2, 0.25) is 0 Å². The zero-order chi connectivity index (χ0) is 17.4. The monoisotopic (exact) mass is 336 g/mol. The maximum atomic E-state index is 12.8. The number of aryl methyl sites for hydroxylation is 2. The molecule has 1 aliphatic carbocycles. The van der Waals surface area contributed by atoms with E-state index in [-0.39, 0.29) is 11.4 Å². The first-order valence-corrected chi connectivity index (χ1v) is 8.99. The fourth-order valence-electron chi connectivity index (χ4n) is 4.20. The maximum Gasteiger partial charge on any atom is 0.323 e. The van der Waals surface area contributed by atoms with Gasteiger partial charge in [0.25, 0.3) is 0 Å². The van der Waals surface area contributed by atoms with Crippen molar-refractivity contribution in [3.8, 4) is 0 Å². The number of amides is 2. The Labute approximate surface area is 148 Å². The molecule has 2 aromatic rings. The summed E-state index contributed by atoms with van der Waals surface area (Å²) in [6.07, 6.45) is 3.68. The summed E-state index contributed by atoms with van der Waals surface area (Å²) < 4.78 is 0. The van der Waals surface area contributed by atoms with Crippen LogP contribution >= 0.6 is 0 Å². The van der Waals surface area contributed by atoms with Gasteiger partial charge in [-0.25, -0.2) is 4.79 Å². The van der Waals surface area contributed by atoms with E-state index >= 15 is 0 Å². The van der Waals surface area contributed by atoms with Crippen molar-refractivity contribution in [3.05, 3.63) is 53.2 Å². The number of benzene rings is 1. The molecule has 2 fully saturated rings. The Bertz CT molecular complexity index is 786. The minimum atomic E-state index is -0.0674. The molecule has 1 spiro atoms. The van der Waals surface area contributed by atoms with E-state index in [1.807, 2.05) is 24.8 Å². The lowest BCUT2D eigenvalue weighted by molar-refractivity contribution is 0.125. The number of aromatic nitrogens is 2. The van der Waals surface area contributed by atoms with Crippen LogP contribution < -0.4 is 5.32 Å². The molecule has 0 radical (unpaired) electrons. The molecule has 1 aromatic heterocycles. The lowest BCUT2D eigenvalue weighted by Gasteiger charge is -2.43. The SMILES string of the molecule is Cc1cc(NC(=O)N2CC(c3ccccc3)C3(CCC3)C2)nnc1C. The number of hydrogen-bond acceptors (Lipinski definition) is 3. The molecule has 25 heavy (non-hydrogen) atoms. The molecule has 1 unspecified atom stereocenters. The van der Waals surface area contributed by atoms with Gasteiger partial charge in [-0.1, -0.05) is 36.8 Å². The van der Waals surface area contributed by atoms with Crippen molar-refractivity contribution in [2.75, 3.05) is 18.4 Å². The van der Waals surface area contributed by atoms with Crippen LogP contribution in [-0.2, 0) is 0 Å². The van der Waals surface area contributed by atoms with E-state index in [4.69, 9.17) is 0 Å². The highest BCUT2D eigenvalue weighted by atomic mass is 16.2. The average molecular weight is 336 g/mol. The summed E-state index contributed by atoms with van der Waals surface area (Å²) >= 11 is 0. The van der Waals surface area contributed by atoms with E-state index in [1.54, 1.807) is 0 Å². The Morgan fingerprint density at radius 3 is 2.60 bits per heavy atom. The average Bonchev–Trinajstić information content (AvgIpc) is 3.00. The van der Waals surface area contributed by atoms with Gasteiger partial charge in [0.05, 0.1) is 5.69 Å². The number of rotatable bonds is 2. The van der Waals surface area contributed by atoms with Crippen LogP contribution in [0.5, 0.6) is 0 Å². The number of hydrogen-bond donors (Lipinski definition) is 1. The third-order valence-electron chi connectivity index (χ3n) is 5.95. The molecule has 1 aliphatic heterocycles. The van der Waals surface area contributed by atoms with E-state index in [2.05, 4.69) is 45.8 Å². The van der Waals surface area contributed by atoms with Gasteiger partial charge in [0.15, 0.2) is 5.82 Å². The molecular formula is C20H24N4O. The van der Waals surface area contributed by atoms with Crippen molar-refractivity contribution in [2.24, 2.45) is 5.41 Å². The van der Waals surface area contributed by atoms with Crippen molar-refractivity contribution in [1.82, 2.24) is 15.1 Å². The predicted octanol–water partition coefficient (Wildman–Crippen LogP) is 3.90. The van der Waals surface area contributed by atoms with Crippen LogP contribution in [0.1, 0.15) is 42.0 Å². The largest absolute Gasteiger partial charge is 0.323 e. The molecule has 1 saturated carbocycles. The zero-order valence-electron chi connectivity index (χ0n) is 14.8. The van der Waals surface area contributed by atoms with Crippen molar-refractivity contribution in [1.29, 1.82) is 0 Å². The van der Waals surface area contributed by atoms with E-state index in [0.717, 1.165) is 24.3 Å². The molecule has 5 heteroatoms. The number of nitrogens with one attached hydrogen (secondary N) is 1. The minimum Gasteiger partial charge on any atom is -0.323 e. The van der Waals surface area contributed by atoms with Crippen LogP contribution in [0.4, 0.5) is 10.6 Å². The first kappa shape index (κ1) is 16.1. The number of carbonyl (C=O) groups is 1. The topological polar surface area (TPSA) is 58.1 Å². The Morgan fingerprint density at radius 1 is 1.20 bits per heavy atom. The lowest BCUT2D eigenvalue weighted by atomic mass is 9.61. The normalized spacial score (nSPS) is 21.2. The Hall–Kier alpha value is -2.43. The molecule has 2 amide bonds. The molecule has 5 nitrogen and oxygen atoms in total. The molecule has 130 valence electrons. The molecule has 2 aliphatic rings. The Balaban J connectivity index is 1.51. The predicted molar refractivity (Wildman–Crippen MR) is 97.6 cm³/mol. The molecule has 4 rings (SSSR count). The lowest BCUT2D eigenvalue weighted by Crippen LogP contribution is -2.39. The molecule has 1 aromatic carbocycles. The molecule has 1 saturated heterocycles. The van der Waals surface area contributed by atoms with Gasteiger partial charge < -0.3 is 4.90 Å². The smallest absolute Gasteiger partial charge is 0.323 e. The second-order valence-corrected chi connectivity index (χ2v) is 7.49. The van der Waals surface area contributed by atoms with Gasteiger partial charge in [0.2, 0.25) is 0 Å². The van der Waals surface area contributed by atoms with Gasteiger partial charge in [0, 0.05) is 19.0 Å². The molecular weight excluding hydrogens is 312 g/mol. The summed E-state index contributed by atoms with van der Waals surface area (Å²) in [7, 11) is 0. The Kier molecular flexibility index (Phi) is 3.94. The van der Waals surface area contributed by atoms with Crippen LogP contribution in [0, 0.1) is 19.3 Å². The van der Waals surface area contributed by atoms with E-state index < -0.39 is 0 Å². The second-order valence-electron chi connectivity index (χ2n) is 7.49. The molecule has 1 N–H and O–H groups in total. The maximum absolute atomic E-state index is 12.8. The standard InChI is InChI=1S/C20H24N4O/c1-14-11-18(23-22-15(14)2)21-19(25)24-12-17(16-7-4-3-5-8-16)20(13-24)9-6-10-20/h3-5,7-8,11,17H,6,9-10,12-13H2,1-2H3,(H,21,23,25). The number of nitrogens with zero attached hydrogens (tertiary/aromatic N) is 3. The zero-order valence-corrected chi connectivity index (χ0v) is 14.8. The molecule has 2 heterocycles. The minimum absolute atomic E-state index is 0.0674. The highest BCUT2D eigenvalue weighted by Gasteiger charge is 2.51. The van der Waals surface area contributed by atoms with E-state index in [1.165, 1.54) is 24.8 Å². The third-order valence-corrected chi connectivity index (χ3v) is 5.95. The van der Waals surface area contributed by atoms with Crippen molar-refractivity contribution in [2.45, 2.75) is 39.0 Å². The quantitative estimate of drug-likeness (QED) is 0.905. The summed E-state index contributed by atoms with van der Waals surface area (Å²) in [4.78, 5) is 14.7. The van der Waals surface area contributed by atoms with Gasteiger partial charge in [-0.3, -0.25) is 5.32 Å². The first-order valence-electron chi connectivity index (χ1n) is 8.99. The van der Waals surface area contributed by atoms with Crippen molar-refractivity contribution < 1.29 is 4.79 Å². The first-order chi connectivity index (χ1) is 12.1. The molecule has 0 bridgehead atoms. The van der Waals surface area contributed by atoms with Gasteiger partial charge in [-0.05, 0) is 49.3 Å². The van der Waals surface area contributed by atoms with Crippen LogP contribution in [0.25, 0.3) is 0 Å². The number of anilines is 1. The van der Waals surface area contributed by atoms with Crippen molar-refractivity contribution in [3.63, 3.8) is 0 Å². The highest BCUT2D eigenvalue weighted by molar-refractivity contribution is 5.88. The number of likely N-dealkylation sites (tertiary alicyclic amines) is 1. The highest BCUT2D eigenvalue weighted by Crippen LogP contribution is 2.55. The second kappa shape index (κ2) is 6.14. The fraction of sp³-hybridized carbons (Fsp3) is 0.450. The van der Waals surface area contributed by atoms with E-state index in [9.17, 15) is 4.79 Å². The summed E-state index contributed by atoms with van der Waals surface area (Å²) in [5.41, 5.74) is 3.53. The number of urea groups is 1. The Morgan fingerprint density at radius 2 is 1.96 bits per heavy atom. The van der Waals surface area contributed by atoms with E-state index in [0.29, 0.717) is 11.7 Å².